The number of nitrogens with one attached hydrogen (secondary N) is 2. The number of hydrogen-bond donors (Lipinski definition) is 2. The van der Waals surface area contributed by atoms with E-state index < -0.39 is 29.6 Å². The Kier molecular flexibility index (Phi) is 3.37. The Labute approximate surface area is 188 Å². The Bertz CT molecular complexity index is 1470. The maximum absolute atomic E-state index is 13.6. The van der Waals surface area contributed by atoms with E-state index in [9.17, 15) is 14.4 Å². The largest absolute Gasteiger partial charge is 0.334 e. The van der Waals surface area contributed by atoms with Crippen molar-refractivity contribution in [2.24, 2.45) is 0 Å². The topological polar surface area (TPSA) is 106 Å². The number of carbonyl (C=O) groups is 2. The number of aromatic nitrogens is 2. The van der Waals surface area contributed by atoms with Crippen molar-refractivity contribution < 1.29 is 14.3 Å². The third-order valence-electron chi connectivity index (χ3n) is 7.43. The lowest BCUT2D eigenvalue weighted by atomic mass is 9.86. The number of rotatable bonds is 0. The molecule has 0 saturated carbocycles. The number of para-hydroxylation sites is 2. The van der Waals surface area contributed by atoms with Crippen LogP contribution in [0.1, 0.15) is 37.7 Å². The maximum Gasteiger partial charge on any atom is 0.262 e. The maximum atomic E-state index is 13.6. The first-order chi connectivity index (χ1) is 15.8. The molecule has 0 radical (unpaired) electrons. The van der Waals surface area contributed by atoms with Gasteiger partial charge in [0.2, 0.25) is 11.8 Å². The van der Waals surface area contributed by atoms with Crippen molar-refractivity contribution in [1.82, 2.24) is 20.2 Å². The average Bonchev–Trinajstić information content (AvgIpc) is 3.13. The predicted molar refractivity (Wildman–Crippen MR) is 118 cm³/mol. The summed E-state index contributed by atoms with van der Waals surface area (Å²) in [5.41, 5.74) is -0.563. The summed E-state index contributed by atoms with van der Waals surface area (Å²) < 4.78 is 8.35. The summed E-state index contributed by atoms with van der Waals surface area (Å²) >= 11 is 0. The van der Waals surface area contributed by atoms with Gasteiger partial charge < -0.3 is 10.1 Å². The number of fused-ring (bicyclic) bond motifs is 5. The molecule has 2 amide bonds. The van der Waals surface area contributed by atoms with Gasteiger partial charge in [-0.2, -0.15) is 0 Å². The molecule has 166 valence electrons. The first-order valence-electron chi connectivity index (χ1n) is 11.1. The molecule has 9 heteroatoms. The molecule has 3 aromatic rings. The van der Waals surface area contributed by atoms with Gasteiger partial charge in [-0.1, -0.05) is 30.3 Å². The Balaban J connectivity index is 1.52. The van der Waals surface area contributed by atoms with Crippen molar-refractivity contribution in [2.45, 2.75) is 49.8 Å². The molecule has 0 unspecified atom stereocenters. The van der Waals surface area contributed by atoms with Gasteiger partial charge in [0.05, 0.1) is 22.6 Å². The standard InChI is InChI=1S/C24H21N5O4/c1-12-19(31)28-16-10-6-4-8-14(16)24(22(28)25-12)11-17-18(30)27-23(2,33-24)21-26-15-9-5-3-7-13(15)20(32)29(17)21/h3-10,12,17,22,25H,11H2,1-2H3,(H,27,30)/t12-,17+,22-,23-,24-/m0/s1. The molecule has 33 heavy (non-hydrogen) atoms. The van der Waals surface area contributed by atoms with E-state index in [0.29, 0.717) is 16.7 Å². The molecule has 9 nitrogen and oxygen atoms in total. The van der Waals surface area contributed by atoms with Crippen molar-refractivity contribution in [1.29, 1.82) is 0 Å². The lowest BCUT2D eigenvalue weighted by Crippen LogP contribution is -2.57. The molecule has 5 aliphatic rings. The zero-order valence-corrected chi connectivity index (χ0v) is 18.0. The second kappa shape index (κ2) is 5.86. The minimum atomic E-state index is -1.37. The second-order valence-electron chi connectivity index (χ2n) is 9.38. The number of ether oxygens (including phenoxy) is 1. The molecule has 2 saturated heterocycles. The molecule has 2 bridgehead atoms. The van der Waals surface area contributed by atoms with Crippen LogP contribution in [0, 0.1) is 0 Å². The number of anilines is 1. The highest BCUT2D eigenvalue weighted by Crippen LogP contribution is 2.56. The SMILES string of the molecule is C[C@@H]1N[C@H]2N(C1=O)c1ccccc1[C@@]21C[C@@H]2C(=O)N[C@@](C)(O1)c1nc3ccccc3c(=O)n12. The van der Waals surface area contributed by atoms with E-state index in [1.165, 1.54) is 4.57 Å². The van der Waals surface area contributed by atoms with Crippen molar-refractivity contribution in [3.8, 4) is 0 Å². The van der Waals surface area contributed by atoms with E-state index in [-0.39, 0.29) is 23.8 Å². The Morgan fingerprint density at radius 2 is 1.85 bits per heavy atom. The molecular formula is C24H21N5O4. The van der Waals surface area contributed by atoms with Crippen molar-refractivity contribution in [3.63, 3.8) is 0 Å². The average molecular weight is 443 g/mol. The van der Waals surface area contributed by atoms with Crippen LogP contribution in [0.5, 0.6) is 0 Å². The van der Waals surface area contributed by atoms with E-state index in [0.717, 1.165) is 11.3 Å². The monoisotopic (exact) mass is 443 g/mol. The van der Waals surface area contributed by atoms with Gasteiger partial charge in [-0.15, -0.1) is 0 Å². The third kappa shape index (κ3) is 2.14. The van der Waals surface area contributed by atoms with Crippen LogP contribution >= 0.6 is 0 Å². The summed E-state index contributed by atoms with van der Waals surface area (Å²) in [5.74, 6) is 0.0165. The summed E-state index contributed by atoms with van der Waals surface area (Å²) in [5, 5.41) is 6.81. The molecule has 2 fully saturated rings. The number of nitrogens with zero attached hydrogens (tertiary/aromatic N) is 3. The number of benzene rings is 2. The highest BCUT2D eigenvalue weighted by Gasteiger charge is 2.65. The first-order valence-corrected chi connectivity index (χ1v) is 11.1. The minimum absolute atomic E-state index is 0.0486. The number of hydrogen-bond acceptors (Lipinski definition) is 6. The zero-order chi connectivity index (χ0) is 22.7. The van der Waals surface area contributed by atoms with Crippen LogP contribution in [-0.4, -0.2) is 33.6 Å². The molecule has 2 N–H and O–H groups in total. The summed E-state index contributed by atoms with van der Waals surface area (Å²) in [4.78, 5) is 46.5. The Hall–Kier alpha value is -3.56. The summed E-state index contributed by atoms with van der Waals surface area (Å²) in [7, 11) is 0. The van der Waals surface area contributed by atoms with Crippen molar-refractivity contribution >= 4 is 28.4 Å². The molecule has 5 aliphatic heterocycles. The zero-order valence-electron chi connectivity index (χ0n) is 18.0. The van der Waals surface area contributed by atoms with Gasteiger partial charge in [0.15, 0.2) is 11.5 Å². The van der Waals surface area contributed by atoms with Crippen molar-refractivity contribution in [2.75, 3.05) is 4.90 Å². The fourth-order valence-corrected chi connectivity index (χ4v) is 6.05. The smallest absolute Gasteiger partial charge is 0.262 e. The number of amides is 2. The predicted octanol–water partition coefficient (Wildman–Crippen LogP) is 1.22. The van der Waals surface area contributed by atoms with Gasteiger partial charge in [-0.25, -0.2) is 4.98 Å². The van der Waals surface area contributed by atoms with Crippen molar-refractivity contribution in [3.05, 3.63) is 70.3 Å². The fraction of sp³-hybridized carbons (Fsp3) is 0.333. The normalized spacial score (nSPS) is 33.8. The number of carbonyl (C=O) groups excluding carboxylic acids is 2. The van der Waals surface area contributed by atoms with Crippen LogP contribution in [-0.2, 0) is 25.7 Å². The molecule has 6 heterocycles. The fourth-order valence-electron chi connectivity index (χ4n) is 6.05. The second-order valence-corrected chi connectivity index (χ2v) is 9.38. The molecule has 8 rings (SSSR count). The molecule has 1 aromatic heterocycles. The van der Waals surface area contributed by atoms with E-state index in [1.54, 1.807) is 30.0 Å². The molecule has 1 spiro atoms. The Morgan fingerprint density at radius 1 is 1.09 bits per heavy atom. The molecular weight excluding hydrogens is 422 g/mol. The summed E-state index contributed by atoms with van der Waals surface area (Å²) in [6.07, 6.45) is -0.321. The van der Waals surface area contributed by atoms with Crippen LogP contribution < -0.4 is 21.1 Å². The van der Waals surface area contributed by atoms with Gasteiger partial charge >= 0.3 is 0 Å². The van der Waals surface area contributed by atoms with Crippen LogP contribution in [0.15, 0.2) is 53.3 Å². The van der Waals surface area contributed by atoms with Crippen LogP contribution in [0.25, 0.3) is 10.9 Å². The van der Waals surface area contributed by atoms with Crippen LogP contribution in [0.4, 0.5) is 5.69 Å². The third-order valence-corrected chi connectivity index (χ3v) is 7.43. The van der Waals surface area contributed by atoms with Gasteiger partial charge in [-0.05, 0) is 32.0 Å². The molecule has 2 aromatic carbocycles. The van der Waals surface area contributed by atoms with Crippen LogP contribution in [0.3, 0.4) is 0 Å². The highest BCUT2D eigenvalue weighted by molar-refractivity contribution is 6.02. The highest BCUT2D eigenvalue weighted by atomic mass is 16.5. The first kappa shape index (κ1) is 19.0. The van der Waals surface area contributed by atoms with E-state index in [2.05, 4.69) is 10.6 Å². The van der Waals surface area contributed by atoms with Gasteiger partial charge in [0.25, 0.3) is 5.56 Å². The lowest BCUT2D eigenvalue weighted by Gasteiger charge is -2.40. The van der Waals surface area contributed by atoms with Crippen LogP contribution in [0.2, 0.25) is 0 Å². The summed E-state index contributed by atoms with van der Waals surface area (Å²) in [6, 6.07) is 13.5. The van der Waals surface area contributed by atoms with Gasteiger partial charge in [0, 0.05) is 12.0 Å². The van der Waals surface area contributed by atoms with E-state index >= 15 is 0 Å². The molecule has 5 atom stereocenters. The molecule has 0 aliphatic carbocycles. The lowest BCUT2D eigenvalue weighted by molar-refractivity contribution is -0.180. The van der Waals surface area contributed by atoms with E-state index in [4.69, 9.17) is 9.72 Å². The Morgan fingerprint density at radius 3 is 2.70 bits per heavy atom. The summed E-state index contributed by atoms with van der Waals surface area (Å²) in [6.45, 7) is 3.55. The van der Waals surface area contributed by atoms with E-state index in [1.807, 2.05) is 37.3 Å². The quantitative estimate of drug-likeness (QED) is 0.541. The van der Waals surface area contributed by atoms with Gasteiger partial charge in [-0.3, -0.25) is 29.2 Å². The minimum Gasteiger partial charge on any atom is -0.334 e. The van der Waals surface area contributed by atoms with Gasteiger partial charge in [0.1, 0.15) is 17.8 Å².